The van der Waals surface area contributed by atoms with E-state index in [9.17, 15) is 4.79 Å². The van der Waals surface area contributed by atoms with Crippen LogP contribution >= 0.6 is 31.9 Å². The first-order valence-electron chi connectivity index (χ1n) is 10.3. The summed E-state index contributed by atoms with van der Waals surface area (Å²) in [6.07, 6.45) is 1.52. The van der Waals surface area contributed by atoms with Crippen molar-refractivity contribution in [3.63, 3.8) is 0 Å². The number of amides is 1. The van der Waals surface area contributed by atoms with Crippen molar-refractivity contribution in [1.82, 2.24) is 5.43 Å². The number of rotatable bonds is 10. The number of hydrogen-bond acceptors (Lipinski definition) is 6. The molecular weight excluding hydrogens is 568 g/mol. The first-order chi connectivity index (χ1) is 16.4. The second-order valence-corrected chi connectivity index (χ2v) is 8.72. The maximum atomic E-state index is 12.5. The van der Waals surface area contributed by atoms with Crippen molar-refractivity contribution in [2.45, 2.75) is 13.5 Å². The molecule has 0 saturated heterocycles. The van der Waals surface area contributed by atoms with Crippen LogP contribution in [0.4, 0.5) is 0 Å². The number of nitrogens with zero attached hydrogens (tertiary/aromatic N) is 1. The van der Waals surface area contributed by atoms with Gasteiger partial charge in [-0.3, -0.25) is 4.79 Å². The summed E-state index contributed by atoms with van der Waals surface area (Å²) >= 11 is 6.95. The van der Waals surface area contributed by atoms with Crippen LogP contribution in [0.25, 0.3) is 0 Å². The maximum Gasteiger partial charge on any atom is 0.271 e. The maximum absolute atomic E-state index is 12.5. The summed E-state index contributed by atoms with van der Waals surface area (Å²) in [6.45, 7) is 2.76. The van der Waals surface area contributed by atoms with Gasteiger partial charge in [0.05, 0.1) is 31.5 Å². The van der Waals surface area contributed by atoms with Gasteiger partial charge >= 0.3 is 0 Å². The Morgan fingerprint density at radius 3 is 2.35 bits per heavy atom. The lowest BCUT2D eigenvalue weighted by molar-refractivity contribution is 0.0954. The molecule has 0 aliphatic carbocycles. The lowest BCUT2D eigenvalue weighted by Gasteiger charge is -2.13. The predicted molar refractivity (Wildman–Crippen MR) is 138 cm³/mol. The van der Waals surface area contributed by atoms with Crippen LogP contribution in [0.15, 0.2) is 68.6 Å². The molecule has 0 atom stereocenters. The molecule has 9 heteroatoms. The van der Waals surface area contributed by atoms with E-state index in [4.69, 9.17) is 18.9 Å². The minimum atomic E-state index is -0.377. The number of benzene rings is 3. The molecule has 178 valence electrons. The van der Waals surface area contributed by atoms with Gasteiger partial charge in [-0.2, -0.15) is 5.10 Å². The number of methoxy groups -OCH3 is 2. The van der Waals surface area contributed by atoms with Crippen molar-refractivity contribution < 1.29 is 23.7 Å². The van der Waals surface area contributed by atoms with E-state index in [-0.39, 0.29) is 5.91 Å². The number of carbonyl (C=O) groups excluding carboxylic acids is 1. The van der Waals surface area contributed by atoms with E-state index >= 15 is 0 Å². The average molecular weight is 592 g/mol. The molecule has 0 aromatic heterocycles. The number of halogens is 2. The summed E-state index contributed by atoms with van der Waals surface area (Å²) in [5.41, 5.74) is 4.65. The fraction of sp³-hybridized carbons (Fsp3) is 0.200. The van der Waals surface area contributed by atoms with Crippen LogP contribution in [-0.4, -0.2) is 32.9 Å². The highest BCUT2D eigenvalue weighted by Gasteiger charge is 2.13. The molecule has 3 aromatic rings. The summed E-state index contributed by atoms with van der Waals surface area (Å²) in [4.78, 5) is 12.5. The average Bonchev–Trinajstić information content (AvgIpc) is 2.84. The predicted octanol–water partition coefficient (Wildman–Crippen LogP) is 5.97. The number of hydrazone groups is 1. The first kappa shape index (κ1) is 25.6. The topological polar surface area (TPSA) is 78.4 Å². The molecule has 0 bridgehead atoms. The van der Waals surface area contributed by atoms with Gasteiger partial charge in [0.15, 0.2) is 23.0 Å². The molecule has 0 aliphatic heterocycles. The molecule has 34 heavy (non-hydrogen) atoms. The van der Waals surface area contributed by atoms with E-state index in [0.717, 1.165) is 10.0 Å². The van der Waals surface area contributed by atoms with Crippen molar-refractivity contribution in [3.05, 3.63) is 80.2 Å². The van der Waals surface area contributed by atoms with Gasteiger partial charge in [-0.05, 0) is 76.4 Å². The zero-order valence-corrected chi connectivity index (χ0v) is 22.1. The number of nitrogens with one attached hydrogen (secondary N) is 1. The van der Waals surface area contributed by atoms with Crippen LogP contribution in [0.3, 0.4) is 0 Å². The third-order valence-corrected chi connectivity index (χ3v) is 5.77. The number of hydrogen-bond donors (Lipinski definition) is 1. The fourth-order valence-corrected chi connectivity index (χ4v) is 3.84. The molecule has 0 unspecified atom stereocenters. The first-order valence-corrected chi connectivity index (χ1v) is 11.9. The molecular formula is C25H24Br2N2O5. The number of ether oxygens (including phenoxy) is 4. The van der Waals surface area contributed by atoms with E-state index in [2.05, 4.69) is 42.4 Å². The standard InChI is InChI=1S/C25H24Br2N2O5/c1-4-33-21-10-7-18(13-22(21)31-2)25(30)29-28-14-17-11-20(27)24(23(12-17)32-3)34-15-16-5-8-19(26)9-6-16/h5-14H,4,15H2,1-3H3,(H,29,30)/b28-14+. The summed E-state index contributed by atoms with van der Waals surface area (Å²) in [6, 6.07) is 16.4. The SMILES string of the molecule is CCOc1ccc(C(=O)N/N=C/c2cc(Br)c(OCc3ccc(Br)cc3)c(OC)c2)cc1OC. The lowest BCUT2D eigenvalue weighted by atomic mass is 10.2. The molecule has 3 rings (SSSR count). The largest absolute Gasteiger partial charge is 0.493 e. The Morgan fingerprint density at radius 1 is 0.941 bits per heavy atom. The minimum Gasteiger partial charge on any atom is -0.493 e. The van der Waals surface area contributed by atoms with Crippen LogP contribution in [0.2, 0.25) is 0 Å². The summed E-state index contributed by atoms with van der Waals surface area (Å²) in [5, 5.41) is 4.06. The zero-order valence-electron chi connectivity index (χ0n) is 18.9. The van der Waals surface area contributed by atoms with Crippen molar-refractivity contribution in [1.29, 1.82) is 0 Å². The zero-order chi connectivity index (χ0) is 24.5. The quantitative estimate of drug-likeness (QED) is 0.232. The van der Waals surface area contributed by atoms with Crippen LogP contribution in [0.1, 0.15) is 28.4 Å². The van der Waals surface area contributed by atoms with Gasteiger partial charge in [0.25, 0.3) is 5.91 Å². The highest BCUT2D eigenvalue weighted by molar-refractivity contribution is 9.10. The van der Waals surface area contributed by atoms with E-state index < -0.39 is 0 Å². The van der Waals surface area contributed by atoms with Gasteiger partial charge in [-0.25, -0.2) is 5.43 Å². The van der Waals surface area contributed by atoms with Crippen molar-refractivity contribution in [2.75, 3.05) is 20.8 Å². The Labute approximate surface area is 215 Å². The monoisotopic (exact) mass is 590 g/mol. The van der Waals surface area contributed by atoms with Crippen molar-refractivity contribution >= 4 is 44.0 Å². The van der Waals surface area contributed by atoms with Gasteiger partial charge < -0.3 is 18.9 Å². The van der Waals surface area contributed by atoms with Gasteiger partial charge in [-0.15, -0.1) is 0 Å². The van der Waals surface area contributed by atoms with E-state index in [1.807, 2.05) is 37.3 Å². The van der Waals surface area contributed by atoms with Gasteiger partial charge in [-0.1, -0.05) is 28.1 Å². The Kier molecular flexibility index (Phi) is 9.35. The Balaban J connectivity index is 1.68. The molecule has 1 amide bonds. The van der Waals surface area contributed by atoms with Gasteiger partial charge in [0.2, 0.25) is 0 Å². The van der Waals surface area contributed by atoms with E-state index in [0.29, 0.717) is 51.8 Å². The van der Waals surface area contributed by atoms with Crippen LogP contribution < -0.4 is 24.4 Å². The molecule has 0 spiro atoms. The molecule has 0 aliphatic rings. The summed E-state index contributed by atoms with van der Waals surface area (Å²) < 4.78 is 23.9. The minimum absolute atomic E-state index is 0.377. The third kappa shape index (κ3) is 6.74. The van der Waals surface area contributed by atoms with Crippen LogP contribution in [0, 0.1) is 0 Å². The van der Waals surface area contributed by atoms with Crippen molar-refractivity contribution in [3.8, 4) is 23.0 Å². The van der Waals surface area contributed by atoms with Crippen LogP contribution in [-0.2, 0) is 6.61 Å². The Morgan fingerprint density at radius 2 is 1.68 bits per heavy atom. The second-order valence-electron chi connectivity index (χ2n) is 6.95. The van der Waals surface area contributed by atoms with Gasteiger partial charge in [0, 0.05) is 10.0 Å². The Bertz CT molecular complexity index is 1170. The summed E-state index contributed by atoms with van der Waals surface area (Å²) in [5.74, 6) is 1.79. The van der Waals surface area contributed by atoms with E-state index in [1.54, 1.807) is 31.4 Å². The molecule has 0 saturated carbocycles. The lowest BCUT2D eigenvalue weighted by Crippen LogP contribution is -2.17. The molecule has 0 fully saturated rings. The summed E-state index contributed by atoms with van der Waals surface area (Å²) in [7, 11) is 3.09. The van der Waals surface area contributed by atoms with E-state index in [1.165, 1.54) is 13.3 Å². The highest BCUT2D eigenvalue weighted by Crippen LogP contribution is 2.37. The molecule has 1 N–H and O–H groups in total. The van der Waals surface area contributed by atoms with Crippen LogP contribution in [0.5, 0.6) is 23.0 Å². The Hall–Kier alpha value is -3.04. The molecule has 0 radical (unpaired) electrons. The second kappa shape index (κ2) is 12.4. The molecule has 3 aromatic carbocycles. The molecule has 0 heterocycles. The highest BCUT2D eigenvalue weighted by atomic mass is 79.9. The normalized spacial score (nSPS) is 10.7. The number of carbonyl (C=O) groups is 1. The third-order valence-electron chi connectivity index (χ3n) is 4.65. The molecule has 7 nitrogen and oxygen atoms in total. The smallest absolute Gasteiger partial charge is 0.271 e. The van der Waals surface area contributed by atoms with Crippen molar-refractivity contribution in [2.24, 2.45) is 5.10 Å². The fourth-order valence-electron chi connectivity index (χ4n) is 3.00. The van der Waals surface area contributed by atoms with Gasteiger partial charge in [0.1, 0.15) is 6.61 Å².